The molecule has 0 saturated carbocycles. The molecule has 0 unspecified atom stereocenters. The molecule has 0 aliphatic heterocycles. The van der Waals surface area contributed by atoms with Crippen molar-refractivity contribution in [2.24, 2.45) is 5.73 Å². The summed E-state index contributed by atoms with van der Waals surface area (Å²) in [6.45, 7) is 16.8. The van der Waals surface area contributed by atoms with Gasteiger partial charge in [0.2, 0.25) is 23.8 Å². The van der Waals surface area contributed by atoms with Gasteiger partial charge in [-0.15, -0.1) is 0 Å². The molecule has 0 bridgehead atoms. The number of methoxy groups -OCH3 is 1. The van der Waals surface area contributed by atoms with Crippen LogP contribution in [0.4, 0.5) is 132 Å². The van der Waals surface area contributed by atoms with Crippen LogP contribution in [0, 0.1) is 0 Å². The van der Waals surface area contributed by atoms with Gasteiger partial charge in [0.25, 0.3) is 0 Å². The van der Waals surface area contributed by atoms with Crippen LogP contribution in [0.2, 0.25) is 20.1 Å². The van der Waals surface area contributed by atoms with Gasteiger partial charge >= 0.3 is 36.3 Å². The number of sulfone groups is 4. The number of ether oxygens (including phenoxy) is 3. The second-order valence-electron chi connectivity index (χ2n) is 32.5. The molecule has 0 atom stereocenters. The number of amides is 3. The van der Waals surface area contributed by atoms with E-state index in [9.17, 15) is 92.7 Å². The van der Waals surface area contributed by atoms with Crippen LogP contribution in [0.1, 0.15) is 91.5 Å². The number of nitrogens with one attached hydrogen (secondary N) is 11. The lowest BCUT2D eigenvalue weighted by Crippen LogP contribution is -2.37. The molecule has 3 amide bonds. The quantitative estimate of drug-likeness (QED) is 0.0125. The predicted octanol–water partition coefficient (Wildman–Crippen LogP) is 19.9. The Kier molecular flexibility index (Phi) is 41.5. The summed E-state index contributed by atoms with van der Waals surface area (Å²) in [7, 11) is -12.8. The van der Waals surface area contributed by atoms with Gasteiger partial charge in [0.05, 0.1) is 131 Å². The molecular formula is C95H103Cl4F9N20O15S4. The molecule has 4 aromatic heterocycles. The maximum atomic E-state index is 12.8. The molecule has 0 spiro atoms. The van der Waals surface area contributed by atoms with E-state index < -0.39 is 86.1 Å². The van der Waals surface area contributed by atoms with Crippen molar-refractivity contribution in [2.45, 2.75) is 156 Å². The number of nitrogens with two attached hydrogens (primary N) is 1. The highest BCUT2D eigenvalue weighted by Crippen LogP contribution is 2.40. The molecule has 14 N–H and O–H groups in total. The number of carbonyl (C=O) groups excluding carboxylic acids is 3. The van der Waals surface area contributed by atoms with Crippen LogP contribution in [0.5, 0.6) is 23.0 Å². The first-order valence-corrected chi connectivity index (χ1v) is 52.4. The monoisotopic (exact) mass is 2200 g/mol. The smallest absolute Gasteiger partial charge is 0.471 e. The summed E-state index contributed by atoms with van der Waals surface area (Å²) in [5.74, 6) is -3.80. The molecule has 0 saturated heterocycles. The van der Waals surface area contributed by atoms with Gasteiger partial charge in [-0.05, 0) is 207 Å². The minimum atomic E-state index is -4.97. The zero-order valence-corrected chi connectivity index (χ0v) is 86.5. The van der Waals surface area contributed by atoms with Gasteiger partial charge in [-0.1, -0.05) is 133 Å². The van der Waals surface area contributed by atoms with E-state index in [2.05, 4.69) is 82.4 Å². The number of carbonyl (C=O) groups is 3. The lowest BCUT2D eigenvalue weighted by atomic mass is 10.1. The van der Waals surface area contributed by atoms with E-state index in [0.29, 0.717) is 69.7 Å². The highest BCUT2D eigenvalue weighted by Gasteiger charge is 2.40. The third-order valence-corrected chi connectivity index (χ3v) is 29.3. The Balaban J connectivity index is 0.000000218. The molecule has 788 valence electrons. The van der Waals surface area contributed by atoms with E-state index in [4.69, 9.17) is 66.3 Å². The summed E-state index contributed by atoms with van der Waals surface area (Å²) in [5.41, 5.74) is 11.4. The molecule has 52 heteroatoms. The number of benzene rings is 8. The number of phenols is 1. The first kappa shape index (κ1) is 117. The minimum Gasteiger partial charge on any atom is -0.506 e. The van der Waals surface area contributed by atoms with Crippen molar-refractivity contribution in [3.63, 3.8) is 0 Å². The van der Waals surface area contributed by atoms with Crippen molar-refractivity contribution >= 4 is 196 Å². The van der Waals surface area contributed by atoms with E-state index in [1.165, 1.54) is 75.2 Å². The number of alkyl halides is 9. The maximum Gasteiger partial charge on any atom is 0.471 e. The lowest BCUT2D eigenvalue weighted by molar-refractivity contribution is -0.173. The van der Waals surface area contributed by atoms with E-state index >= 15 is 0 Å². The molecular weight excluding hydrogens is 2100 g/mol. The largest absolute Gasteiger partial charge is 0.506 e. The van der Waals surface area contributed by atoms with Crippen LogP contribution < -0.4 is 78.4 Å². The van der Waals surface area contributed by atoms with Gasteiger partial charge in [0.15, 0.2) is 62.6 Å². The maximum absolute atomic E-state index is 12.8. The summed E-state index contributed by atoms with van der Waals surface area (Å²) in [5, 5.41) is 38.8. The number of aromatic nitrogens is 8. The van der Waals surface area contributed by atoms with Gasteiger partial charge in [-0.3, -0.25) is 14.4 Å². The van der Waals surface area contributed by atoms with Crippen LogP contribution in [0.3, 0.4) is 0 Å². The summed E-state index contributed by atoms with van der Waals surface area (Å²) in [6.07, 6.45) is -8.72. The third kappa shape index (κ3) is 34.0. The fourth-order valence-electron chi connectivity index (χ4n) is 12.8. The SMILES string of the molecule is CC(C)Oc1ccc(CCNC(=O)C(F)(F)F)cc1Nc1ncc(Cl)c(Nc2ccccc2S(=O)(=O)C(C)C)n1.CCS(=O)(=O)c1ccccc1Nc1nc(Nc2cc(CCN)ccc2OC(C)C)ncc1Cl.CCS(=O)(=O)c1ccccc1Nc1nc(Nc2cc(CCNC(=O)C(F)(F)F)ccc2O)ncc1Cl.COc1ccc(CCNC(=O)C(F)(F)F)cc1Nc1ncc(Cl)c(Nc2ccccc2S(=O)(=O)C(C)C)n1. The number of para-hydroxylation sites is 4. The Bertz CT molecular complexity index is 7140. The van der Waals surface area contributed by atoms with Crippen molar-refractivity contribution in [1.82, 2.24) is 55.8 Å². The molecule has 147 heavy (non-hydrogen) atoms. The fourth-order valence-corrected chi connectivity index (χ4v) is 17.9. The highest BCUT2D eigenvalue weighted by atomic mass is 35.5. The number of hydrogen-bond donors (Lipinski definition) is 13. The molecule has 0 aliphatic rings. The Labute approximate surface area is 861 Å². The van der Waals surface area contributed by atoms with Crippen molar-refractivity contribution in [2.75, 3.05) is 87.3 Å². The van der Waals surface area contributed by atoms with Gasteiger partial charge in [-0.25, -0.2) is 53.6 Å². The van der Waals surface area contributed by atoms with Crippen molar-refractivity contribution in [1.29, 1.82) is 0 Å². The van der Waals surface area contributed by atoms with Crippen molar-refractivity contribution in [3.8, 4) is 23.0 Å². The first-order chi connectivity index (χ1) is 69.1. The number of phenolic OH excluding ortho intramolecular Hbond substituents is 1. The van der Waals surface area contributed by atoms with Gasteiger partial charge in [0.1, 0.15) is 43.1 Å². The number of aromatic hydroxyl groups is 1. The molecule has 0 fully saturated rings. The van der Waals surface area contributed by atoms with E-state index in [1.807, 2.05) is 56.5 Å². The Morgan fingerprint density at radius 2 is 0.619 bits per heavy atom. The minimum absolute atomic E-state index is 0.00412. The van der Waals surface area contributed by atoms with Gasteiger partial charge in [-0.2, -0.15) is 59.4 Å². The third-order valence-electron chi connectivity index (χ3n) is 20.2. The molecule has 35 nitrogen and oxygen atoms in total. The summed E-state index contributed by atoms with van der Waals surface area (Å²) < 4.78 is 230. The summed E-state index contributed by atoms with van der Waals surface area (Å²) in [4.78, 5) is 67.6. The van der Waals surface area contributed by atoms with E-state index in [-0.39, 0.29) is 178 Å². The van der Waals surface area contributed by atoms with Crippen molar-refractivity contribution in [3.05, 3.63) is 237 Å². The number of hydrogen-bond acceptors (Lipinski definition) is 32. The Morgan fingerprint density at radius 1 is 0.361 bits per heavy atom. The second kappa shape index (κ2) is 52.1. The van der Waals surface area contributed by atoms with Crippen LogP contribution in [0.25, 0.3) is 0 Å². The highest BCUT2D eigenvalue weighted by molar-refractivity contribution is 7.92. The topological polar surface area (TPSA) is 497 Å². The molecule has 4 heterocycles. The van der Waals surface area contributed by atoms with Crippen LogP contribution in [0.15, 0.2) is 214 Å². The summed E-state index contributed by atoms with van der Waals surface area (Å²) >= 11 is 25.1. The van der Waals surface area contributed by atoms with Gasteiger partial charge < -0.3 is 83.5 Å². The number of halogens is 13. The molecule has 0 radical (unpaired) electrons. The van der Waals surface area contributed by atoms with Crippen LogP contribution in [-0.2, 0) is 79.4 Å². The molecule has 0 aliphatic carbocycles. The molecule has 12 aromatic rings. The second-order valence-corrected chi connectivity index (χ2v) is 43.5. The number of rotatable bonds is 40. The average Bonchev–Trinajstić information content (AvgIpc) is 0.806. The van der Waals surface area contributed by atoms with Gasteiger partial charge in [0, 0.05) is 19.6 Å². The molecule has 8 aromatic carbocycles. The average molecular weight is 2210 g/mol. The number of nitrogens with zero attached hydrogens (tertiary/aromatic N) is 8. The van der Waals surface area contributed by atoms with Crippen LogP contribution in [-0.4, -0.2) is 182 Å². The lowest BCUT2D eigenvalue weighted by Gasteiger charge is -2.17. The van der Waals surface area contributed by atoms with Crippen LogP contribution >= 0.6 is 46.4 Å². The van der Waals surface area contributed by atoms with E-state index in [0.717, 1.165) is 5.56 Å². The van der Waals surface area contributed by atoms with E-state index in [1.54, 1.807) is 155 Å². The number of anilines is 16. The molecule has 12 rings (SSSR count). The Morgan fingerprint density at radius 3 is 0.898 bits per heavy atom. The zero-order valence-electron chi connectivity index (χ0n) is 80.2. The predicted molar refractivity (Wildman–Crippen MR) is 547 cm³/mol. The Hall–Kier alpha value is -13.6. The van der Waals surface area contributed by atoms with Crippen molar-refractivity contribution < 1.29 is 107 Å². The first-order valence-electron chi connectivity index (χ1n) is 44.5. The fraction of sp³-hybridized carbons (Fsp3) is 0.295. The standard InChI is InChI=1S/C26H29ClF3N5O4S.C24H25ClF3N5O4S.C23H28ClN5O3S.C22H21ClF3N5O4S/c1-15(2)39-21-10-9-17(11-12-31-24(36)26(28,29)30)13-20(21)34-25-32-14-18(27)23(35-25)33-19-7-5-6-8-22(19)40(37,38)16(3)4;1-14(2)38(35,36)20-7-5-4-6-17(20)31-21-16(25)13-30-23(33-21)32-18-12-15(8-9-19(18)37-3)10-11-29-22(34)24(26,27)28;1-4-33(30,31)21-8-6-5-7-18(21)27-22-17(24)14-26-23(29-22)28-19-13-16(11-12-25)9-10-20(19)32-15(2)3;1-2-36(34,35)18-6-4-3-5-15(18)29-19-14(23)12-28-21(31-19)30-16-11-13(7-8-17(16)32)9-10-27-20(33)22(24,25)26/h5-10,13-16H,11-12H2,1-4H3,(H,31,36)(H2,32,33,34,35);4-9,12-14H,10-11H2,1-3H3,(H,29,34)(H2,30,31,32,33);5-10,13-15H,4,11-12,25H2,1-3H3,(H2,26,27,28,29);3-8,11-12,32H,2,9-10H2,1H3,(H,27,33)(H2,28,29,30,31). The summed E-state index contributed by atoms with van der Waals surface area (Å²) in [6, 6.07) is 45.5. The zero-order chi connectivity index (χ0) is 108. The normalized spacial score (nSPS) is 11.7.